The molecule has 5 rings (SSSR count). The monoisotopic (exact) mass is 1100 g/mol. The zero-order chi connectivity index (χ0) is 56.3. The second-order valence-electron chi connectivity index (χ2n) is 19.2. The van der Waals surface area contributed by atoms with E-state index in [4.69, 9.17) is 17.2 Å². The highest BCUT2D eigenvalue weighted by Gasteiger charge is 2.36. The van der Waals surface area contributed by atoms with Crippen LogP contribution in [-0.4, -0.2) is 135 Å². The average molecular weight is 1100 g/mol. The topological polar surface area (TPSA) is 355 Å². The number of aromatic nitrogens is 1. The lowest BCUT2D eigenvalue weighted by atomic mass is 10.00. The van der Waals surface area contributed by atoms with Gasteiger partial charge in [0.15, 0.2) is 0 Å². The maximum absolute atomic E-state index is 14.8. The molecule has 1 aromatic heterocycles. The first kappa shape index (κ1) is 60.7. The molecule has 0 aliphatic rings. The number of benzene rings is 4. The summed E-state index contributed by atoms with van der Waals surface area (Å²) in [7, 11) is 0. The molecule has 5 aromatic rings. The minimum absolute atomic E-state index is 0.0459. The van der Waals surface area contributed by atoms with Gasteiger partial charge in [-0.25, -0.2) is 0 Å². The van der Waals surface area contributed by atoms with Gasteiger partial charge in [-0.05, 0) is 90.7 Å². The summed E-state index contributed by atoms with van der Waals surface area (Å²) in [5.74, 6) is -7.51. The summed E-state index contributed by atoms with van der Waals surface area (Å²) in [6.07, 6.45) is 1.12. The maximum atomic E-state index is 14.8. The summed E-state index contributed by atoms with van der Waals surface area (Å²) in [5.41, 5.74) is 20.2. The third-order valence-corrected chi connectivity index (χ3v) is 13.6. The zero-order valence-corrected chi connectivity index (χ0v) is 45.0. The Kier molecular flexibility index (Phi) is 23.1. The van der Waals surface area contributed by atoms with Crippen molar-refractivity contribution in [1.82, 2.24) is 42.2 Å². The summed E-state index contributed by atoms with van der Waals surface area (Å²) in [6.45, 7) is 4.81. The Hall–Kier alpha value is -7.18. The minimum atomic E-state index is -1.46. The number of carbonyl (C=O) groups excluding carboxylic acids is 8. The van der Waals surface area contributed by atoms with Crippen LogP contribution in [0.1, 0.15) is 56.7 Å². The largest absolute Gasteiger partial charge is 0.508 e. The van der Waals surface area contributed by atoms with Crippen molar-refractivity contribution in [2.24, 2.45) is 23.1 Å². The van der Waals surface area contributed by atoms with Gasteiger partial charge < -0.3 is 69.6 Å². The number of aliphatic hydroxyl groups excluding tert-OH is 1. The van der Waals surface area contributed by atoms with E-state index in [1.165, 1.54) is 19.1 Å². The van der Waals surface area contributed by atoms with Crippen molar-refractivity contribution in [3.05, 3.63) is 114 Å². The first-order chi connectivity index (χ1) is 36.7. The number of aromatic hydroxyl groups is 1. The van der Waals surface area contributed by atoms with Crippen molar-refractivity contribution < 1.29 is 48.6 Å². The molecule has 0 spiro atoms. The summed E-state index contributed by atoms with van der Waals surface area (Å²) in [4.78, 5) is 113. The van der Waals surface area contributed by atoms with Gasteiger partial charge in [-0.15, -0.1) is 0 Å². The summed E-state index contributed by atoms with van der Waals surface area (Å²) in [6, 6.07) is 16.2. The molecule has 77 heavy (non-hydrogen) atoms. The van der Waals surface area contributed by atoms with Crippen molar-refractivity contribution in [2.45, 2.75) is 114 Å². The van der Waals surface area contributed by atoms with E-state index in [0.717, 1.165) is 27.2 Å². The molecule has 0 fully saturated rings. The first-order valence-electron chi connectivity index (χ1n) is 25.3. The van der Waals surface area contributed by atoms with Crippen LogP contribution in [0.3, 0.4) is 0 Å². The number of aliphatic hydroxyl groups is 1. The molecule has 0 bridgehead atoms. The van der Waals surface area contributed by atoms with Crippen LogP contribution in [0, 0.1) is 5.92 Å². The van der Waals surface area contributed by atoms with Gasteiger partial charge in [-0.1, -0.05) is 86.6 Å². The number of para-hydroxylation sites is 1. The van der Waals surface area contributed by atoms with Crippen molar-refractivity contribution in [2.75, 3.05) is 18.1 Å². The third kappa shape index (κ3) is 17.7. The van der Waals surface area contributed by atoms with Crippen LogP contribution in [0.5, 0.6) is 5.75 Å². The molecule has 16 N–H and O–H groups in total. The van der Waals surface area contributed by atoms with Crippen molar-refractivity contribution in [3.8, 4) is 5.75 Å². The quantitative estimate of drug-likeness (QED) is 0.0227. The van der Waals surface area contributed by atoms with Crippen LogP contribution >= 0.6 is 25.3 Å². The number of carbonyl (C=O) groups is 8. The van der Waals surface area contributed by atoms with Crippen LogP contribution < -0.4 is 54.4 Å². The minimum Gasteiger partial charge on any atom is -0.508 e. The van der Waals surface area contributed by atoms with E-state index in [1.807, 2.05) is 60.7 Å². The number of fused-ring (bicyclic) bond motifs is 2. The van der Waals surface area contributed by atoms with Gasteiger partial charge in [-0.3, -0.25) is 38.4 Å². The molecular weight excluding hydrogens is 1030 g/mol. The number of H-pyrrole nitrogens is 1. The number of thiol groups is 2. The highest BCUT2D eigenvalue weighted by Crippen LogP contribution is 2.21. The number of hydrogen-bond donors (Lipinski definition) is 15. The predicted octanol–water partition coefficient (Wildman–Crippen LogP) is 0.286. The lowest BCUT2D eigenvalue weighted by molar-refractivity contribution is -0.136. The van der Waals surface area contributed by atoms with E-state index < -0.39 is 108 Å². The maximum Gasteiger partial charge on any atom is 0.244 e. The number of unbranched alkanes of at least 4 members (excludes halogenated alkanes) is 1. The third-order valence-electron chi connectivity index (χ3n) is 12.9. The van der Waals surface area contributed by atoms with E-state index in [9.17, 15) is 48.6 Å². The lowest BCUT2D eigenvalue weighted by Crippen LogP contribution is -2.62. The Morgan fingerprint density at radius 2 is 1.09 bits per heavy atom. The Bertz CT molecular complexity index is 2850. The molecule has 0 aliphatic heterocycles. The average Bonchev–Trinajstić information content (AvgIpc) is 3.82. The van der Waals surface area contributed by atoms with Gasteiger partial charge in [0.1, 0.15) is 48.0 Å². The summed E-state index contributed by atoms with van der Waals surface area (Å²) < 4.78 is 0. The Morgan fingerprint density at radius 3 is 1.70 bits per heavy atom. The number of nitrogens with two attached hydrogens (primary N) is 3. The highest BCUT2D eigenvalue weighted by atomic mass is 32.1. The number of aromatic amines is 1. The van der Waals surface area contributed by atoms with Crippen LogP contribution in [0.15, 0.2) is 97.2 Å². The van der Waals surface area contributed by atoms with E-state index in [1.54, 1.807) is 38.2 Å². The number of primary amides is 1. The molecule has 0 radical (unpaired) electrons. The van der Waals surface area contributed by atoms with Crippen LogP contribution in [0.25, 0.3) is 21.7 Å². The van der Waals surface area contributed by atoms with Gasteiger partial charge >= 0.3 is 0 Å². The van der Waals surface area contributed by atoms with Crippen molar-refractivity contribution in [3.63, 3.8) is 0 Å². The molecule has 0 saturated carbocycles. The van der Waals surface area contributed by atoms with Gasteiger partial charge in [0.05, 0.1) is 12.1 Å². The number of phenolic OH excluding ortho intramolecular Hbond substituents is 1. The molecule has 0 unspecified atom stereocenters. The summed E-state index contributed by atoms with van der Waals surface area (Å²) >= 11 is 8.54. The summed E-state index contributed by atoms with van der Waals surface area (Å²) in [5, 5.41) is 41.3. The van der Waals surface area contributed by atoms with Crippen molar-refractivity contribution >= 4 is 94.2 Å². The lowest BCUT2D eigenvalue weighted by Gasteiger charge is -2.29. The van der Waals surface area contributed by atoms with E-state index in [0.29, 0.717) is 24.0 Å². The number of amides is 8. The molecule has 8 amide bonds. The second-order valence-corrected chi connectivity index (χ2v) is 20.0. The highest BCUT2D eigenvalue weighted by molar-refractivity contribution is 7.80. The first-order valence-corrected chi connectivity index (χ1v) is 26.6. The fourth-order valence-corrected chi connectivity index (χ4v) is 9.01. The van der Waals surface area contributed by atoms with Crippen molar-refractivity contribution in [1.29, 1.82) is 0 Å². The van der Waals surface area contributed by atoms with Gasteiger partial charge in [0.25, 0.3) is 0 Å². The van der Waals surface area contributed by atoms with Crippen LogP contribution in [0.2, 0.25) is 0 Å². The standard InChI is InChI=1S/C54H71N11O10S2/c1-29(2)45(54(75)63-44(28-77)53(74)65-46(30(3)66)47(57)68)64-49(70)40(14-8-9-21-55)59-51(72)42(25-35-26-58-39-13-7-6-12-37(35)39)61-50(71)41(24-31-16-19-36(67)20-17-31)60-52(73)43(27-76)62-48(69)38(56)23-32-15-18-33-10-4-5-11-34(33)22-32/h4-7,10-13,15-20,22,26,29-30,38,40-46,58,66-67,76-77H,8-9,14,21,23-25,27-28,55-56H2,1-3H3,(H2,57,68)(H,59,72)(H,60,73)(H,61,71)(H,62,69)(H,63,75)(H,64,70)(H,65,74)/t30-,38+,40+,41+,42-,43+,44+,45+,46+/m1/s1. The molecule has 414 valence electrons. The van der Waals surface area contributed by atoms with E-state index >= 15 is 0 Å². The smallest absolute Gasteiger partial charge is 0.244 e. The predicted molar refractivity (Wildman–Crippen MR) is 299 cm³/mol. The molecule has 1 heterocycles. The number of phenols is 1. The van der Waals surface area contributed by atoms with Crippen LogP contribution in [0.4, 0.5) is 0 Å². The zero-order valence-electron chi connectivity index (χ0n) is 43.2. The Morgan fingerprint density at radius 1 is 0.571 bits per heavy atom. The molecule has 4 aromatic carbocycles. The fraction of sp³-hybridized carbons (Fsp3) is 0.407. The fourth-order valence-electron chi connectivity index (χ4n) is 8.50. The van der Waals surface area contributed by atoms with Crippen LogP contribution in [-0.2, 0) is 57.6 Å². The molecule has 0 aliphatic carbocycles. The van der Waals surface area contributed by atoms with Gasteiger partial charge in [0, 0.05) is 41.4 Å². The molecule has 0 saturated heterocycles. The Balaban J connectivity index is 1.39. The second kappa shape index (κ2) is 29.4. The molecular formula is C54H71N11O10S2. The normalized spacial score (nSPS) is 14.9. The van der Waals surface area contributed by atoms with Gasteiger partial charge in [0.2, 0.25) is 47.3 Å². The molecule has 23 heteroatoms. The Labute approximate surface area is 457 Å². The SMILES string of the molecule is CC(C)[C@H](NC(=O)[C@H](CCCCN)NC(=O)[C@@H](Cc1c[nH]c2ccccc12)NC(=O)[C@H](Cc1ccc(O)cc1)NC(=O)[C@H](CS)NC(=O)[C@@H](N)Cc1ccc2ccccc2c1)C(=O)N[C@@H](CS)C(=O)N[C@H](C(N)=O)[C@@H](C)O. The number of nitrogens with one attached hydrogen (secondary N) is 8. The van der Waals surface area contributed by atoms with Gasteiger partial charge in [-0.2, -0.15) is 25.3 Å². The molecule has 21 nitrogen and oxygen atoms in total. The number of hydrogen-bond acceptors (Lipinski definition) is 14. The molecule has 9 atom stereocenters. The van der Waals surface area contributed by atoms with E-state index in [2.05, 4.69) is 67.5 Å². The van der Waals surface area contributed by atoms with E-state index in [-0.39, 0.29) is 49.5 Å². The number of rotatable bonds is 29.